The predicted octanol–water partition coefficient (Wildman–Crippen LogP) is 6.57. The predicted molar refractivity (Wildman–Crippen MR) is 128 cm³/mol. The molecule has 3 aromatic rings. The van der Waals surface area contributed by atoms with E-state index in [-0.39, 0.29) is 34.6 Å². The van der Waals surface area contributed by atoms with Crippen LogP contribution in [-0.2, 0) is 17.9 Å². The Morgan fingerprint density at radius 2 is 1.70 bits per heavy atom. The molecule has 5 nitrogen and oxygen atoms in total. The zero-order chi connectivity index (χ0) is 23.5. The van der Waals surface area contributed by atoms with E-state index in [0.29, 0.717) is 11.1 Å². The normalized spacial score (nSPS) is 14.7. The summed E-state index contributed by atoms with van der Waals surface area (Å²) in [6.07, 6.45) is 1.49. The molecule has 4 rings (SSSR count). The maximum atomic E-state index is 13.8. The fourth-order valence-corrected chi connectivity index (χ4v) is 4.10. The molecule has 1 fully saturated rings. The van der Waals surface area contributed by atoms with E-state index in [2.05, 4.69) is 21.2 Å². The summed E-state index contributed by atoms with van der Waals surface area (Å²) in [6.45, 7) is 0.0890. The molecule has 0 aromatic heterocycles. The van der Waals surface area contributed by atoms with Crippen molar-refractivity contribution in [2.24, 2.45) is 0 Å². The first kappa shape index (κ1) is 23.3. The highest BCUT2D eigenvalue weighted by Gasteiger charge is 2.33. The van der Waals surface area contributed by atoms with Crippen LogP contribution >= 0.6 is 39.1 Å². The monoisotopic (exact) mass is 548 g/mol. The first-order valence-corrected chi connectivity index (χ1v) is 11.3. The maximum absolute atomic E-state index is 13.8. The molecule has 1 N–H and O–H groups in total. The smallest absolute Gasteiger partial charge is 0.329 e. The van der Waals surface area contributed by atoms with Crippen molar-refractivity contribution in [2.75, 3.05) is 0 Å². The molecule has 0 spiro atoms. The van der Waals surface area contributed by atoms with E-state index in [4.69, 9.17) is 27.9 Å². The Morgan fingerprint density at radius 1 is 1.03 bits per heavy atom. The summed E-state index contributed by atoms with van der Waals surface area (Å²) >= 11 is 16.0. The van der Waals surface area contributed by atoms with Crippen molar-refractivity contribution in [1.29, 1.82) is 0 Å². The van der Waals surface area contributed by atoms with Gasteiger partial charge in [-0.2, -0.15) is 0 Å². The fourth-order valence-electron chi connectivity index (χ4n) is 3.22. The van der Waals surface area contributed by atoms with E-state index in [1.54, 1.807) is 30.3 Å². The zero-order valence-corrected chi connectivity index (χ0v) is 20.0. The van der Waals surface area contributed by atoms with Crippen LogP contribution in [0.5, 0.6) is 5.75 Å². The summed E-state index contributed by atoms with van der Waals surface area (Å²) in [5.41, 5.74) is 1.77. The molecule has 0 radical (unpaired) electrons. The van der Waals surface area contributed by atoms with Gasteiger partial charge in [0.15, 0.2) is 5.75 Å². The van der Waals surface area contributed by atoms with E-state index in [0.717, 1.165) is 14.9 Å². The van der Waals surface area contributed by atoms with E-state index in [9.17, 15) is 14.0 Å². The minimum atomic E-state index is -0.517. The van der Waals surface area contributed by atoms with Crippen LogP contribution in [0.3, 0.4) is 0 Å². The van der Waals surface area contributed by atoms with E-state index >= 15 is 0 Å². The summed E-state index contributed by atoms with van der Waals surface area (Å²) in [5, 5.41) is 2.95. The van der Waals surface area contributed by atoms with Gasteiger partial charge in [0.1, 0.15) is 18.1 Å². The highest BCUT2D eigenvalue weighted by atomic mass is 79.9. The number of nitrogens with zero attached hydrogens (tertiary/aromatic N) is 1. The van der Waals surface area contributed by atoms with Gasteiger partial charge in [-0.3, -0.25) is 9.69 Å². The van der Waals surface area contributed by atoms with Crippen LogP contribution in [0.4, 0.5) is 9.18 Å². The number of halogens is 4. The second-order valence-corrected chi connectivity index (χ2v) is 8.93. The van der Waals surface area contributed by atoms with Gasteiger partial charge >= 0.3 is 6.03 Å². The van der Waals surface area contributed by atoms with Crippen molar-refractivity contribution >= 4 is 57.1 Å². The van der Waals surface area contributed by atoms with Gasteiger partial charge in [-0.25, -0.2) is 9.18 Å². The number of carbonyl (C=O) groups excluding carboxylic acids is 2. The van der Waals surface area contributed by atoms with Crippen molar-refractivity contribution in [1.82, 2.24) is 10.2 Å². The number of hydrogen-bond acceptors (Lipinski definition) is 3. The fraction of sp³-hybridized carbons (Fsp3) is 0.0833. The van der Waals surface area contributed by atoms with Gasteiger partial charge in [0, 0.05) is 10.0 Å². The lowest BCUT2D eigenvalue weighted by Gasteiger charge is -2.12. The maximum Gasteiger partial charge on any atom is 0.329 e. The van der Waals surface area contributed by atoms with Gasteiger partial charge in [-0.15, -0.1) is 0 Å². The lowest BCUT2D eigenvalue weighted by atomic mass is 10.1. The van der Waals surface area contributed by atoms with Crippen LogP contribution in [0, 0.1) is 5.82 Å². The highest BCUT2D eigenvalue weighted by molar-refractivity contribution is 9.10. The zero-order valence-electron chi connectivity index (χ0n) is 16.9. The topological polar surface area (TPSA) is 58.6 Å². The van der Waals surface area contributed by atoms with E-state index in [1.807, 2.05) is 24.3 Å². The van der Waals surface area contributed by atoms with E-state index in [1.165, 1.54) is 12.1 Å². The number of rotatable bonds is 6. The number of nitrogens with one attached hydrogen (secondary N) is 1. The molecule has 0 aliphatic carbocycles. The minimum absolute atomic E-state index is 0.0495. The molecule has 1 aliphatic rings. The molecule has 1 aliphatic heterocycles. The third kappa shape index (κ3) is 5.38. The molecule has 168 valence electrons. The molecule has 9 heteroatoms. The molecule has 0 saturated carbocycles. The largest absolute Gasteiger partial charge is 0.486 e. The number of urea groups is 1. The Kier molecular flexibility index (Phi) is 7.02. The summed E-state index contributed by atoms with van der Waals surface area (Å²) in [7, 11) is 0. The number of carbonyl (C=O) groups is 2. The average Bonchev–Trinajstić information content (AvgIpc) is 3.03. The Morgan fingerprint density at radius 3 is 2.36 bits per heavy atom. The van der Waals surface area contributed by atoms with Crippen LogP contribution in [0.15, 0.2) is 70.8 Å². The third-order valence-electron chi connectivity index (χ3n) is 4.88. The second-order valence-electron chi connectivity index (χ2n) is 7.20. The lowest BCUT2D eigenvalue weighted by molar-refractivity contribution is -0.123. The van der Waals surface area contributed by atoms with Crippen LogP contribution in [0.2, 0.25) is 10.0 Å². The molecule has 0 unspecified atom stereocenters. The number of ether oxygens (including phenoxy) is 1. The summed E-state index contributed by atoms with van der Waals surface area (Å²) in [5.74, 6) is -0.660. The van der Waals surface area contributed by atoms with Gasteiger partial charge in [0.25, 0.3) is 5.91 Å². The molecule has 3 aromatic carbocycles. The van der Waals surface area contributed by atoms with Gasteiger partial charge in [0.2, 0.25) is 0 Å². The SMILES string of the molecule is O=C1N/C(=C/c2cc(Cl)c(OCc3ccccc3F)c(Cl)c2)C(=O)N1Cc1ccc(Br)cc1. The van der Waals surface area contributed by atoms with Crippen molar-refractivity contribution in [3.63, 3.8) is 0 Å². The molecule has 3 amide bonds. The molecule has 1 saturated heterocycles. The Labute approximate surface area is 207 Å². The molecule has 33 heavy (non-hydrogen) atoms. The number of hydrogen-bond donors (Lipinski definition) is 1. The molecular weight excluding hydrogens is 534 g/mol. The number of benzene rings is 3. The van der Waals surface area contributed by atoms with Crippen LogP contribution < -0.4 is 10.1 Å². The molecule has 0 bridgehead atoms. The van der Waals surface area contributed by atoms with Crippen molar-refractivity contribution in [2.45, 2.75) is 13.2 Å². The van der Waals surface area contributed by atoms with Crippen molar-refractivity contribution in [3.8, 4) is 5.75 Å². The first-order valence-electron chi connectivity index (χ1n) is 9.76. The highest BCUT2D eigenvalue weighted by Crippen LogP contribution is 2.35. The van der Waals surface area contributed by atoms with Gasteiger partial charge < -0.3 is 10.1 Å². The number of imide groups is 1. The lowest BCUT2D eigenvalue weighted by Crippen LogP contribution is -2.30. The Hall–Kier alpha value is -2.87. The first-order chi connectivity index (χ1) is 15.8. The van der Waals surface area contributed by atoms with Crippen molar-refractivity contribution < 1.29 is 18.7 Å². The average molecular weight is 550 g/mol. The molecular formula is C24H16BrCl2FN2O3. The third-order valence-corrected chi connectivity index (χ3v) is 5.97. The summed E-state index contributed by atoms with van der Waals surface area (Å²) < 4.78 is 20.3. The Bertz CT molecular complexity index is 1240. The quantitative estimate of drug-likeness (QED) is 0.279. The summed E-state index contributed by atoms with van der Waals surface area (Å²) in [6, 6.07) is 16.1. The van der Waals surface area contributed by atoms with E-state index < -0.39 is 17.8 Å². The van der Waals surface area contributed by atoms with Crippen LogP contribution in [0.25, 0.3) is 6.08 Å². The molecule has 1 heterocycles. The van der Waals surface area contributed by atoms with Gasteiger partial charge in [0.05, 0.1) is 16.6 Å². The minimum Gasteiger partial charge on any atom is -0.486 e. The van der Waals surface area contributed by atoms with Crippen molar-refractivity contribution in [3.05, 3.63) is 103 Å². The number of amides is 3. The van der Waals surface area contributed by atoms with Gasteiger partial charge in [-0.1, -0.05) is 69.5 Å². The van der Waals surface area contributed by atoms with Gasteiger partial charge in [-0.05, 0) is 47.5 Å². The summed E-state index contributed by atoms with van der Waals surface area (Å²) in [4.78, 5) is 26.2. The van der Waals surface area contributed by atoms with Crippen LogP contribution in [-0.4, -0.2) is 16.8 Å². The second kappa shape index (κ2) is 9.95. The standard InChI is InChI=1S/C24H16BrCl2FN2O3/c25-17-7-5-14(6-8-17)12-30-23(31)21(29-24(30)32)11-15-9-18(26)22(19(27)10-15)33-13-16-3-1-2-4-20(16)28/h1-11H,12-13H2,(H,29,32)/b21-11+. The molecule has 0 atom stereocenters. The Balaban J connectivity index is 1.50. The van der Waals surface area contributed by atoms with Crippen LogP contribution in [0.1, 0.15) is 16.7 Å².